The van der Waals surface area contributed by atoms with Gasteiger partial charge in [0.25, 0.3) is 5.91 Å². The second-order valence-electron chi connectivity index (χ2n) is 12.0. The highest BCUT2D eigenvalue weighted by atomic mass is 16.4. The van der Waals surface area contributed by atoms with Gasteiger partial charge in [-0.25, -0.2) is 0 Å². The summed E-state index contributed by atoms with van der Waals surface area (Å²) in [4.78, 5) is 61.3. The molecule has 1 unspecified atom stereocenters. The van der Waals surface area contributed by atoms with Gasteiger partial charge < -0.3 is 20.4 Å². The first-order valence-corrected chi connectivity index (χ1v) is 15.1. The molecule has 5 rings (SSSR count). The molecule has 0 bridgehead atoms. The smallest absolute Gasteiger partial charge is 0.303 e. The van der Waals surface area contributed by atoms with Crippen molar-refractivity contribution in [3.63, 3.8) is 0 Å². The first kappa shape index (κ1) is 30.2. The lowest BCUT2D eigenvalue weighted by molar-refractivity contribution is -0.137. The molecule has 1 amide bonds. The SMILES string of the molecule is C/C=C1/C(=O)N/C(=C\C2=NC(=C3\c4[nH]c(Cc5[nH]c(C=O)c(C)c5CC)c(C)c4C(=O)[C@@H]3C)/[C@@H](CCC(=O)O)[C@@H]2C)C1C. The molecule has 43 heavy (non-hydrogen) atoms. The van der Waals surface area contributed by atoms with Crippen LogP contribution in [0, 0.1) is 37.5 Å². The highest BCUT2D eigenvalue weighted by Gasteiger charge is 2.43. The number of allylic oxidation sites excluding steroid dienone is 5. The predicted molar refractivity (Wildman–Crippen MR) is 165 cm³/mol. The van der Waals surface area contributed by atoms with E-state index in [1.807, 2.05) is 53.7 Å². The Morgan fingerprint density at radius 2 is 1.77 bits per heavy atom. The highest BCUT2D eigenvalue weighted by molar-refractivity contribution is 6.15. The number of rotatable bonds is 8. The fourth-order valence-corrected chi connectivity index (χ4v) is 7.12. The van der Waals surface area contributed by atoms with Gasteiger partial charge in [0.1, 0.15) is 0 Å². The molecular weight excluding hydrogens is 544 g/mol. The first-order valence-electron chi connectivity index (χ1n) is 15.1. The van der Waals surface area contributed by atoms with E-state index in [1.54, 1.807) is 0 Å². The number of nitrogens with zero attached hydrogens (tertiary/aromatic N) is 1. The summed E-state index contributed by atoms with van der Waals surface area (Å²) in [5.74, 6) is -1.82. The third kappa shape index (κ3) is 4.94. The van der Waals surface area contributed by atoms with Gasteiger partial charge in [-0.1, -0.05) is 33.8 Å². The van der Waals surface area contributed by atoms with Crippen molar-refractivity contribution in [3.05, 3.63) is 74.1 Å². The number of aromatic amines is 2. The molecule has 4 N–H and O–H groups in total. The molecule has 1 aliphatic carbocycles. The molecule has 1 saturated heterocycles. The molecule has 9 heteroatoms. The number of carbonyl (C=O) groups is 4. The number of nitrogens with one attached hydrogen (secondary N) is 3. The van der Waals surface area contributed by atoms with Crippen LogP contribution in [0.1, 0.15) is 102 Å². The quantitative estimate of drug-likeness (QED) is 0.235. The van der Waals surface area contributed by atoms with Crippen molar-refractivity contribution >= 4 is 35.2 Å². The summed E-state index contributed by atoms with van der Waals surface area (Å²) in [6.45, 7) is 13.7. The lowest BCUT2D eigenvalue weighted by atomic mass is 9.83. The van der Waals surface area contributed by atoms with Crippen LogP contribution in [0.3, 0.4) is 0 Å². The number of carbonyl (C=O) groups excluding carboxylic acids is 3. The average molecular weight is 585 g/mol. The Hall–Kier alpha value is -4.27. The zero-order valence-electron chi connectivity index (χ0n) is 25.9. The maximum absolute atomic E-state index is 13.7. The third-order valence-corrected chi connectivity index (χ3v) is 9.71. The van der Waals surface area contributed by atoms with Gasteiger partial charge in [-0.05, 0) is 56.4 Å². The molecule has 226 valence electrons. The number of carboxylic acids is 1. The Bertz CT molecular complexity index is 1680. The Labute approximate surface area is 251 Å². The van der Waals surface area contributed by atoms with Crippen LogP contribution in [0.2, 0.25) is 0 Å². The van der Waals surface area contributed by atoms with E-state index in [0.717, 1.165) is 69.2 Å². The monoisotopic (exact) mass is 584 g/mol. The van der Waals surface area contributed by atoms with E-state index in [-0.39, 0.29) is 35.9 Å². The van der Waals surface area contributed by atoms with E-state index in [1.165, 1.54) is 0 Å². The Morgan fingerprint density at radius 1 is 1.05 bits per heavy atom. The summed E-state index contributed by atoms with van der Waals surface area (Å²) < 4.78 is 0. The van der Waals surface area contributed by atoms with E-state index < -0.39 is 11.9 Å². The van der Waals surface area contributed by atoms with Crippen LogP contribution in [-0.4, -0.2) is 44.7 Å². The van der Waals surface area contributed by atoms with Crippen molar-refractivity contribution in [1.29, 1.82) is 0 Å². The molecular formula is C34H40N4O5. The van der Waals surface area contributed by atoms with E-state index >= 15 is 0 Å². The summed E-state index contributed by atoms with van der Waals surface area (Å²) >= 11 is 0. The number of ketones is 1. The highest BCUT2D eigenvalue weighted by Crippen LogP contribution is 2.48. The summed E-state index contributed by atoms with van der Waals surface area (Å²) in [5, 5.41) is 12.5. The molecule has 1 fully saturated rings. The van der Waals surface area contributed by atoms with Crippen molar-refractivity contribution in [2.24, 2.45) is 28.7 Å². The number of aliphatic carboxylic acids is 1. The van der Waals surface area contributed by atoms with Crippen molar-refractivity contribution < 1.29 is 24.3 Å². The molecule has 2 aromatic heterocycles. The number of amides is 1. The molecule has 9 nitrogen and oxygen atoms in total. The average Bonchev–Trinajstić information content (AvgIpc) is 3.69. The van der Waals surface area contributed by atoms with Crippen LogP contribution in [0.5, 0.6) is 0 Å². The van der Waals surface area contributed by atoms with Gasteiger partial charge in [0.05, 0.1) is 17.1 Å². The molecule has 0 aromatic carbocycles. The fourth-order valence-electron chi connectivity index (χ4n) is 7.12. The second kappa shape index (κ2) is 11.4. The summed E-state index contributed by atoms with van der Waals surface area (Å²) in [7, 11) is 0. The van der Waals surface area contributed by atoms with Gasteiger partial charge in [0.15, 0.2) is 12.1 Å². The minimum atomic E-state index is -0.880. The van der Waals surface area contributed by atoms with E-state index in [9.17, 15) is 24.3 Å². The lowest BCUT2D eigenvalue weighted by Gasteiger charge is -2.19. The van der Waals surface area contributed by atoms with Gasteiger partial charge in [0, 0.05) is 76.0 Å². The minimum Gasteiger partial charge on any atom is -0.481 e. The van der Waals surface area contributed by atoms with Gasteiger partial charge in [-0.3, -0.25) is 24.2 Å². The first-order chi connectivity index (χ1) is 20.4. The zero-order valence-corrected chi connectivity index (χ0v) is 25.9. The van der Waals surface area contributed by atoms with Gasteiger partial charge in [-0.2, -0.15) is 0 Å². The summed E-state index contributed by atoms with van der Waals surface area (Å²) in [6.07, 6.45) is 6.24. The van der Waals surface area contributed by atoms with E-state index in [2.05, 4.69) is 22.2 Å². The lowest BCUT2D eigenvalue weighted by Crippen LogP contribution is -2.19. The van der Waals surface area contributed by atoms with Crippen LogP contribution in [0.15, 0.2) is 34.1 Å². The van der Waals surface area contributed by atoms with Gasteiger partial charge in [0.2, 0.25) is 0 Å². The maximum Gasteiger partial charge on any atom is 0.303 e. The standard InChI is InChI=1S/C34H40N4O5/c1-8-20-15(3)27(14-39)35-26(20)13-25-18(6)30-32(37-25)29(19(7)33(30)42)31-22(10-11-28(40)41)17(5)23(36-31)12-24-16(4)21(9-2)34(43)38-24/h9,12,14,16-17,19,22,35,37H,8,10-11,13H2,1-7H3,(H,38,43)(H,40,41)/b21-9+,24-12-,31-29-/t16?,17-,19+,22-/m0/s1. The number of aromatic nitrogens is 2. The number of aliphatic imine (C=N–C) groups is 1. The van der Waals surface area contributed by atoms with Crippen molar-refractivity contribution in [2.75, 3.05) is 0 Å². The van der Waals surface area contributed by atoms with Gasteiger partial charge in [-0.15, -0.1) is 0 Å². The topological polar surface area (TPSA) is 144 Å². The van der Waals surface area contributed by atoms with Crippen LogP contribution in [-0.2, 0) is 22.4 Å². The molecule has 4 heterocycles. The Balaban J connectivity index is 1.62. The third-order valence-electron chi connectivity index (χ3n) is 9.71. The van der Waals surface area contributed by atoms with E-state index in [4.69, 9.17) is 4.99 Å². The largest absolute Gasteiger partial charge is 0.481 e. The predicted octanol–water partition coefficient (Wildman–Crippen LogP) is 5.64. The number of Topliss-reactive ketones (excluding diaryl/α,β-unsaturated/α-hetero) is 1. The van der Waals surface area contributed by atoms with Gasteiger partial charge >= 0.3 is 5.97 Å². The van der Waals surface area contributed by atoms with E-state index in [0.29, 0.717) is 29.7 Å². The number of H-pyrrole nitrogens is 2. The minimum absolute atomic E-state index is 0.0176. The fraction of sp³-hybridized carbons (Fsp3) is 0.441. The summed E-state index contributed by atoms with van der Waals surface area (Å²) in [5.41, 5.74) is 10.6. The maximum atomic E-state index is 13.7. The zero-order chi connectivity index (χ0) is 31.3. The van der Waals surface area contributed by atoms with Crippen molar-refractivity contribution in [1.82, 2.24) is 15.3 Å². The second-order valence-corrected chi connectivity index (χ2v) is 12.0. The summed E-state index contributed by atoms with van der Waals surface area (Å²) in [6, 6.07) is 0. The van der Waals surface area contributed by atoms with Crippen LogP contribution >= 0.6 is 0 Å². The number of hydrogen-bond donors (Lipinski definition) is 4. The number of hydrogen-bond acceptors (Lipinski definition) is 5. The number of carboxylic acid groups (broad SMARTS) is 1. The molecule has 2 aliphatic heterocycles. The van der Waals surface area contributed by atoms with Crippen molar-refractivity contribution in [3.8, 4) is 0 Å². The molecule has 4 atom stereocenters. The number of fused-ring (bicyclic) bond motifs is 1. The van der Waals surface area contributed by atoms with Crippen LogP contribution in [0.25, 0.3) is 5.57 Å². The molecule has 3 aliphatic rings. The Morgan fingerprint density at radius 3 is 2.37 bits per heavy atom. The van der Waals surface area contributed by atoms with Crippen LogP contribution in [0.4, 0.5) is 0 Å². The molecule has 0 spiro atoms. The Kier molecular flexibility index (Phi) is 8.03. The number of aldehydes is 1. The molecule has 0 radical (unpaired) electrons. The molecule has 2 aromatic rings. The van der Waals surface area contributed by atoms with Crippen LogP contribution < -0.4 is 5.32 Å². The normalized spacial score (nSPS) is 26.9. The van der Waals surface area contributed by atoms with Crippen molar-refractivity contribution in [2.45, 2.75) is 74.1 Å². The molecule has 0 saturated carbocycles.